The Hall–Kier alpha value is -1.65. The lowest BCUT2D eigenvalue weighted by molar-refractivity contribution is 0.0296. The van der Waals surface area contributed by atoms with Crippen LogP contribution in [0.2, 0.25) is 5.02 Å². The summed E-state index contributed by atoms with van der Waals surface area (Å²) in [7, 11) is 0. The second kappa shape index (κ2) is 5.77. The van der Waals surface area contributed by atoms with E-state index >= 15 is 0 Å². The Bertz CT molecular complexity index is 561. The number of aromatic nitrogens is 2. The Morgan fingerprint density at radius 2 is 1.90 bits per heavy atom. The van der Waals surface area contributed by atoms with Crippen molar-refractivity contribution < 1.29 is 4.74 Å². The smallest absolute Gasteiger partial charge is 0.226 e. The highest BCUT2D eigenvalue weighted by atomic mass is 35.5. The zero-order valence-electron chi connectivity index (χ0n) is 11.2. The van der Waals surface area contributed by atoms with Crippen LogP contribution in [0.25, 0.3) is 0 Å². The summed E-state index contributed by atoms with van der Waals surface area (Å²) in [5.41, 5.74) is 1.21. The number of anilines is 1. The molecule has 1 saturated heterocycles. The van der Waals surface area contributed by atoms with Gasteiger partial charge in [-0.2, -0.15) is 0 Å². The highest BCUT2D eigenvalue weighted by molar-refractivity contribution is 6.30. The molecule has 1 fully saturated rings. The molecular weight excluding hydrogens is 274 g/mol. The van der Waals surface area contributed by atoms with Crippen molar-refractivity contribution in [3.05, 3.63) is 53.3 Å². The van der Waals surface area contributed by atoms with Gasteiger partial charge in [-0.05, 0) is 12.5 Å². The molecule has 2 atom stereocenters. The maximum absolute atomic E-state index is 5.86. The van der Waals surface area contributed by atoms with Gasteiger partial charge in [-0.3, -0.25) is 0 Å². The molecule has 104 valence electrons. The third-order valence-electron chi connectivity index (χ3n) is 3.42. The number of hydrogen-bond acceptors (Lipinski definition) is 4. The van der Waals surface area contributed by atoms with Crippen molar-refractivity contribution in [2.45, 2.75) is 19.1 Å². The lowest BCUT2D eigenvalue weighted by atomic mass is 10.0. The van der Waals surface area contributed by atoms with Crippen molar-refractivity contribution in [1.29, 1.82) is 0 Å². The van der Waals surface area contributed by atoms with E-state index in [1.807, 2.05) is 18.2 Å². The van der Waals surface area contributed by atoms with Crippen molar-refractivity contribution in [1.82, 2.24) is 9.97 Å². The summed E-state index contributed by atoms with van der Waals surface area (Å²) in [5, 5.41) is 0.548. The predicted octanol–water partition coefficient (Wildman–Crippen LogP) is 3.10. The van der Waals surface area contributed by atoms with Crippen LogP contribution in [0.3, 0.4) is 0 Å². The number of benzene rings is 1. The summed E-state index contributed by atoms with van der Waals surface area (Å²) in [4.78, 5) is 10.9. The zero-order valence-corrected chi connectivity index (χ0v) is 12.0. The quantitative estimate of drug-likeness (QED) is 0.851. The van der Waals surface area contributed by atoms with Gasteiger partial charge in [0.2, 0.25) is 5.95 Å². The van der Waals surface area contributed by atoms with Crippen LogP contribution in [-0.4, -0.2) is 29.2 Å². The molecule has 1 aromatic heterocycles. The van der Waals surface area contributed by atoms with E-state index < -0.39 is 0 Å². The molecule has 2 aromatic rings. The van der Waals surface area contributed by atoms with E-state index in [2.05, 4.69) is 33.9 Å². The van der Waals surface area contributed by atoms with Crippen LogP contribution in [0.1, 0.15) is 18.5 Å². The Balaban J connectivity index is 1.93. The molecule has 0 amide bonds. The molecular formula is C15H16ClN3O. The van der Waals surface area contributed by atoms with Crippen LogP contribution >= 0.6 is 11.6 Å². The first-order chi connectivity index (χ1) is 9.74. The molecule has 0 N–H and O–H groups in total. The fourth-order valence-corrected chi connectivity index (χ4v) is 2.53. The van der Waals surface area contributed by atoms with Gasteiger partial charge in [0, 0.05) is 6.54 Å². The second-order valence-electron chi connectivity index (χ2n) is 4.92. The lowest BCUT2D eigenvalue weighted by Gasteiger charge is -2.38. The summed E-state index contributed by atoms with van der Waals surface area (Å²) < 4.78 is 5.80. The summed E-state index contributed by atoms with van der Waals surface area (Å²) in [5.74, 6) is 0.693. The van der Waals surface area contributed by atoms with E-state index in [1.165, 1.54) is 5.56 Å². The predicted molar refractivity (Wildman–Crippen MR) is 79.0 cm³/mol. The number of nitrogens with zero attached hydrogens (tertiary/aromatic N) is 3. The maximum Gasteiger partial charge on any atom is 0.226 e. The monoisotopic (exact) mass is 289 g/mol. The van der Waals surface area contributed by atoms with Crippen molar-refractivity contribution in [2.24, 2.45) is 0 Å². The van der Waals surface area contributed by atoms with Gasteiger partial charge in [-0.1, -0.05) is 41.9 Å². The van der Waals surface area contributed by atoms with Gasteiger partial charge in [0.15, 0.2) is 0 Å². The summed E-state index contributed by atoms with van der Waals surface area (Å²) in [6, 6.07) is 10.4. The molecule has 5 heteroatoms. The molecule has 3 rings (SSSR count). The number of rotatable bonds is 2. The minimum Gasteiger partial charge on any atom is -0.374 e. The minimum absolute atomic E-state index is 0.133. The van der Waals surface area contributed by atoms with Crippen LogP contribution in [0.5, 0.6) is 0 Å². The molecule has 0 radical (unpaired) electrons. The van der Waals surface area contributed by atoms with Crippen molar-refractivity contribution in [2.75, 3.05) is 18.1 Å². The van der Waals surface area contributed by atoms with E-state index in [4.69, 9.17) is 16.3 Å². The summed E-state index contributed by atoms with van der Waals surface area (Å²) >= 11 is 5.86. The summed E-state index contributed by atoms with van der Waals surface area (Å²) in [6.45, 7) is 3.46. The average molecular weight is 290 g/mol. The van der Waals surface area contributed by atoms with E-state index in [9.17, 15) is 0 Å². The van der Waals surface area contributed by atoms with E-state index in [-0.39, 0.29) is 12.1 Å². The Morgan fingerprint density at radius 3 is 2.60 bits per heavy atom. The van der Waals surface area contributed by atoms with E-state index in [0.717, 1.165) is 6.54 Å². The fraction of sp³-hybridized carbons (Fsp3) is 0.333. The van der Waals surface area contributed by atoms with Gasteiger partial charge >= 0.3 is 0 Å². The molecule has 2 unspecified atom stereocenters. The van der Waals surface area contributed by atoms with Crippen LogP contribution < -0.4 is 4.90 Å². The third kappa shape index (κ3) is 2.76. The van der Waals surface area contributed by atoms with Gasteiger partial charge in [0.05, 0.1) is 36.2 Å². The molecule has 1 aliphatic heterocycles. The topological polar surface area (TPSA) is 38.2 Å². The van der Waals surface area contributed by atoms with E-state index in [1.54, 1.807) is 12.4 Å². The second-order valence-corrected chi connectivity index (χ2v) is 5.36. The van der Waals surface area contributed by atoms with Crippen molar-refractivity contribution in [3.63, 3.8) is 0 Å². The fourth-order valence-electron chi connectivity index (χ4n) is 2.43. The normalized spacial score (nSPS) is 22.8. The minimum atomic E-state index is 0.133. The lowest BCUT2D eigenvalue weighted by Crippen LogP contribution is -2.44. The van der Waals surface area contributed by atoms with Crippen LogP contribution in [-0.2, 0) is 4.74 Å². The van der Waals surface area contributed by atoms with Gasteiger partial charge in [0.1, 0.15) is 0 Å². The Kier molecular flexibility index (Phi) is 3.85. The number of ether oxygens (including phenoxy) is 1. The first kappa shape index (κ1) is 13.3. The number of hydrogen-bond donors (Lipinski definition) is 0. The SMILES string of the molecule is CC1CN(c2ncc(Cl)cn2)C(c2ccccc2)CO1. The van der Waals surface area contributed by atoms with Gasteiger partial charge in [-0.15, -0.1) is 0 Å². The number of morpholine rings is 1. The van der Waals surface area contributed by atoms with Crippen molar-refractivity contribution >= 4 is 17.5 Å². The molecule has 0 spiro atoms. The first-order valence-electron chi connectivity index (χ1n) is 6.65. The number of halogens is 1. The Morgan fingerprint density at radius 1 is 1.20 bits per heavy atom. The molecule has 1 aliphatic rings. The average Bonchev–Trinajstić information content (AvgIpc) is 2.49. The molecule has 0 bridgehead atoms. The standard InChI is InChI=1S/C15H16ClN3O/c1-11-9-19(15-17-7-13(16)8-18-15)14(10-20-11)12-5-3-2-4-6-12/h2-8,11,14H,9-10H2,1H3. The van der Waals surface area contributed by atoms with Gasteiger partial charge in [-0.25, -0.2) is 9.97 Å². The molecule has 20 heavy (non-hydrogen) atoms. The van der Waals surface area contributed by atoms with Crippen LogP contribution in [0, 0.1) is 0 Å². The zero-order chi connectivity index (χ0) is 13.9. The molecule has 1 aromatic carbocycles. The van der Waals surface area contributed by atoms with Gasteiger partial charge in [0.25, 0.3) is 0 Å². The largest absolute Gasteiger partial charge is 0.374 e. The maximum atomic E-state index is 5.86. The summed E-state index contributed by atoms with van der Waals surface area (Å²) in [6.07, 6.45) is 3.42. The van der Waals surface area contributed by atoms with Crippen LogP contribution in [0.15, 0.2) is 42.7 Å². The Labute approximate surface area is 123 Å². The highest BCUT2D eigenvalue weighted by Crippen LogP contribution is 2.29. The molecule has 4 nitrogen and oxygen atoms in total. The molecule has 0 saturated carbocycles. The third-order valence-corrected chi connectivity index (χ3v) is 3.61. The highest BCUT2D eigenvalue weighted by Gasteiger charge is 2.29. The van der Waals surface area contributed by atoms with E-state index in [0.29, 0.717) is 17.6 Å². The first-order valence-corrected chi connectivity index (χ1v) is 7.02. The molecule has 0 aliphatic carbocycles. The van der Waals surface area contributed by atoms with Crippen LogP contribution in [0.4, 0.5) is 5.95 Å². The molecule has 2 heterocycles. The van der Waals surface area contributed by atoms with Crippen molar-refractivity contribution in [3.8, 4) is 0 Å². The van der Waals surface area contributed by atoms with Gasteiger partial charge < -0.3 is 9.64 Å².